The largest absolute Gasteiger partial charge is 0.270 e. The van der Waals surface area contributed by atoms with Gasteiger partial charge in [0.2, 0.25) is 0 Å². The first-order chi connectivity index (χ1) is 17.6. The molecule has 212 valence electrons. The van der Waals surface area contributed by atoms with E-state index in [0.29, 0.717) is 6.61 Å². The number of rotatable bonds is 25. The van der Waals surface area contributed by atoms with Crippen molar-refractivity contribution < 1.29 is 12.6 Å². The third-order valence-corrected chi connectivity index (χ3v) is 7.89. The van der Waals surface area contributed by atoms with Crippen LogP contribution in [-0.4, -0.2) is 25.8 Å². The maximum Gasteiger partial charge on any atom is 0.267 e. The van der Waals surface area contributed by atoms with Crippen LogP contribution in [-0.2, 0) is 14.3 Å². The predicted octanol–water partition coefficient (Wildman–Crippen LogP) is 10.0. The van der Waals surface area contributed by atoms with Crippen molar-refractivity contribution >= 4 is 10.1 Å². The zero-order chi connectivity index (χ0) is 26.4. The third kappa shape index (κ3) is 29.3. The van der Waals surface area contributed by atoms with E-state index in [-0.39, 0.29) is 5.75 Å². The number of unbranched alkanes of at least 4 members (excludes halogenated alkanes) is 20. The second kappa shape index (κ2) is 28.6. The molecule has 1 aromatic heterocycles. The van der Waals surface area contributed by atoms with Gasteiger partial charge in [-0.3, -0.25) is 9.17 Å². The van der Waals surface area contributed by atoms with Crippen LogP contribution >= 0.6 is 0 Å². The molecule has 0 aliphatic heterocycles. The quantitative estimate of drug-likeness (QED) is 0.0941. The van der Waals surface area contributed by atoms with Gasteiger partial charge in [-0.15, -0.1) is 0 Å². The van der Waals surface area contributed by atoms with E-state index in [2.05, 4.69) is 18.8 Å². The molecular formula is C31H59NO3S. The number of nitrogens with zero attached hydrogens (tertiary/aromatic N) is 1. The molecule has 36 heavy (non-hydrogen) atoms. The Morgan fingerprint density at radius 1 is 0.500 bits per heavy atom. The van der Waals surface area contributed by atoms with Gasteiger partial charge in [0.05, 0.1) is 12.4 Å². The molecule has 0 aliphatic rings. The van der Waals surface area contributed by atoms with Crippen LogP contribution in [0, 0.1) is 0 Å². The van der Waals surface area contributed by atoms with Crippen molar-refractivity contribution in [3.63, 3.8) is 0 Å². The molecule has 1 heterocycles. The van der Waals surface area contributed by atoms with E-state index in [1.54, 1.807) is 12.4 Å². The summed E-state index contributed by atoms with van der Waals surface area (Å²) < 4.78 is 29.0. The van der Waals surface area contributed by atoms with Crippen molar-refractivity contribution in [2.45, 2.75) is 155 Å². The lowest BCUT2D eigenvalue weighted by Crippen LogP contribution is -2.11. The Labute approximate surface area is 225 Å². The minimum absolute atomic E-state index is 0.195. The topological polar surface area (TPSA) is 56.3 Å². The van der Waals surface area contributed by atoms with E-state index < -0.39 is 10.1 Å². The lowest BCUT2D eigenvalue weighted by atomic mass is 10.0. The van der Waals surface area contributed by atoms with Gasteiger partial charge in [-0.05, 0) is 25.0 Å². The molecule has 4 nitrogen and oxygen atoms in total. The summed E-state index contributed by atoms with van der Waals surface area (Å²) in [6.07, 6.45) is 31.2. The number of pyridine rings is 1. The second-order valence-corrected chi connectivity index (χ2v) is 11.9. The van der Waals surface area contributed by atoms with Crippen LogP contribution in [0.1, 0.15) is 155 Å². The molecule has 0 N–H and O–H groups in total. The van der Waals surface area contributed by atoms with Gasteiger partial charge in [-0.1, -0.05) is 148 Å². The van der Waals surface area contributed by atoms with Crippen molar-refractivity contribution in [1.82, 2.24) is 4.98 Å². The number of hydrogen-bond acceptors (Lipinski definition) is 4. The van der Waals surface area contributed by atoms with E-state index in [4.69, 9.17) is 4.18 Å². The summed E-state index contributed by atoms with van der Waals surface area (Å²) in [5.41, 5.74) is 0. The highest BCUT2D eigenvalue weighted by Crippen LogP contribution is 2.13. The van der Waals surface area contributed by atoms with Crippen LogP contribution in [0.25, 0.3) is 0 Å². The number of hydrogen-bond donors (Lipinski definition) is 0. The van der Waals surface area contributed by atoms with Crippen LogP contribution in [0.5, 0.6) is 0 Å². The maximum absolute atomic E-state index is 11.9. The molecule has 0 unspecified atom stereocenters. The molecule has 0 fully saturated rings. The molecule has 1 aromatic rings. The van der Waals surface area contributed by atoms with Gasteiger partial charge in [0.25, 0.3) is 10.1 Å². The molecule has 0 saturated heterocycles. The van der Waals surface area contributed by atoms with Crippen molar-refractivity contribution in [3.8, 4) is 0 Å². The Hall–Kier alpha value is -0.940. The fraction of sp³-hybridized carbons (Fsp3) is 0.839. The molecule has 0 spiro atoms. The predicted molar refractivity (Wildman–Crippen MR) is 157 cm³/mol. The molecule has 0 aliphatic carbocycles. The van der Waals surface area contributed by atoms with E-state index in [0.717, 1.165) is 32.1 Å². The molecule has 0 amide bonds. The average molecular weight is 526 g/mol. The second-order valence-electron chi connectivity index (χ2n) is 10.2. The molecule has 5 heteroatoms. The van der Waals surface area contributed by atoms with Gasteiger partial charge in [0.15, 0.2) is 0 Å². The standard InChI is InChI=1S/C26H54O3S.C5H5N/c1-3-5-7-9-11-13-14-15-16-17-18-19-21-23-25-29-30(27,28)26-24-22-20-12-10-8-6-4-2;1-2-4-6-5-3-1/h3-26H2,1-2H3;1-5H. The van der Waals surface area contributed by atoms with E-state index in [1.807, 2.05) is 18.2 Å². The van der Waals surface area contributed by atoms with Crippen molar-refractivity contribution in [2.24, 2.45) is 0 Å². The van der Waals surface area contributed by atoms with Gasteiger partial charge < -0.3 is 0 Å². The molecule has 0 atom stereocenters. The van der Waals surface area contributed by atoms with Gasteiger partial charge in [0, 0.05) is 12.4 Å². The fourth-order valence-electron chi connectivity index (χ4n) is 4.27. The van der Waals surface area contributed by atoms with E-state index in [1.165, 1.54) is 109 Å². The maximum atomic E-state index is 11.9. The van der Waals surface area contributed by atoms with Gasteiger partial charge in [-0.25, -0.2) is 0 Å². The summed E-state index contributed by atoms with van der Waals surface area (Å²) in [7, 11) is -3.30. The summed E-state index contributed by atoms with van der Waals surface area (Å²) in [4.78, 5) is 3.78. The minimum Gasteiger partial charge on any atom is -0.270 e. The fourth-order valence-corrected chi connectivity index (χ4v) is 5.31. The normalized spacial score (nSPS) is 11.3. The van der Waals surface area contributed by atoms with Crippen LogP contribution in [0.15, 0.2) is 30.6 Å². The smallest absolute Gasteiger partial charge is 0.267 e. The first kappa shape index (κ1) is 35.1. The van der Waals surface area contributed by atoms with Crippen LogP contribution in [0.3, 0.4) is 0 Å². The molecule has 1 rings (SSSR count). The highest BCUT2D eigenvalue weighted by Gasteiger charge is 2.10. The summed E-state index contributed by atoms with van der Waals surface area (Å²) in [6, 6.07) is 5.72. The first-order valence-electron chi connectivity index (χ1n) is 15.3. The summed E-state index contributed by atoms with van der Waals surface area (Å²) in [5, 5.41) is 0. The molecule has 0 radical (unpaired) electrons. The minimum atomic E-state index is -3.30. The zero-order valence-corrected chi connectivity index (χ0v) is 24.8. The van der Waals surface area contributed by atoms with E-state index in [9.17, 15) is 8.42 Å². The van der Waals surface area contributed by atoms with E-state index >= 15 is 0 Å². The summed E-state index contributed by atoms with van der Waals surface area (Å²) in [5.74, 6) is 0.195. The van der Waals surface area contributed by atoms with Crippen molar-refractivity contribution in [2.75, 3.05) is 12.4 Å². The molecule has 0 aromatic carbocycles. The Bertz CT molecular complexity index is 595. The lowest BCUT2D eigenvalue weighted by Gasteiger charge is -2.06. The van der Waals surface area contributed by atoms with Gasteiger partial charge in [0.1, 0.15) is 0 Å². The van der Waals surface area contributed by atoms with Crippen LogP contribution in [0.4, 0.5) is 0 Å². The van der Waals surface area contributed by atoms with Crippen LogP contribution in [0.2, 0.25) is 0 Å². The lowest BCUT2D eigenvalue weighted by molar-refractivity contribution is 0.305. The highest BCUT2D eigenvalue weighted by molar-refractivity contribution is 7.86. The summed E-state index contributed by atoms with van der Waals surface area (Å²) in [6.45, 7) is 4.87. The SMILES string of the molecule is CCCCCCCCCCCCCCCCOS(=O)(=O)CCCCCCCCCC.c1ccncc1. The summed E-state index contributed by atoms with van der Waals surface area (Å²) >= 11 is 0. The van der Waals surface area contributed by atoms with Gasteiger partial charge in [-0.2, -0.15) is 8.42 Å². The van der Waals surface area contributed by atoms with Crippen molar-refractivity contribution in [3.05, 3.63) is 30.6 Å². The molecular weight excluding hydrogens is 466 g/mol. The third-order valence-electron chi connectivity index (χ3n) is 6.58. The van der Waals surface area contributed by atoms with Crippen molar-refractivity contribution in [1.29, 1.82) is 0 Å². The van der Waals surface area contributed by atoms with Crippen LogP contribution < -0.4 is 0 Å². The Morgan fingerprint density at radius 2 is 0.861 bits per heavy atom. The highest BCUT2D eigenvalue weighted by atomic mass is 32.2. The Kier molecular flexibility index (Phi) is 27.9. The molecule has 0 saturated carbocycles. The Balaban J connectivity index is 0.00000176. The molecule has 0 bridgehead atoms. The monoisotopic (exact) mass is 525 g/mol. The Morgan fingerprint density at radius 3 is 1.19 bits per heavy atom. The zero-order valence-electron chi connectivity index (χ0n) is 23.9. The first-order valence-corrected chi connectivity index (χ1v) is 16.9. The average Bonchev–Trinajstić information content (AvgIpc) is 2.89. The number of aromatic nitrogens is 1. The van der Waals surface area contributed by atoms with Gasteiger partial charge >= 0.3 is 0 Å².